The minimum atomic E-state index is -1.05. The van der Waals surface area contributed by atoms with Gasteiger partial charge in [0, 0.05) is 21.9 Å². The first kappa shape index (κ1) is 13.8. The van der Waals surface area contributed by atoms with E-state index in [1.54, 1.807) is 17.4 Å². The number of ether oxygens (including phenoxy) is 3. The van der Waals surface area contributed by atoms with Crippen molar-refractivity contribution in [1.82, 2.24) is 0 Å². The third-order valence-corrected chi connectivity index (χ3v) is 4.34. The standard InChI is InChI=1S/C15H14O5S/c1-2-9-3-4-10(21-9)7-18-12-6-14-13(19-8-20-14)5-11(12)15(16)17/h3-6H,2,7-8H2,1H3,(H,16,17). The molecule has 2 aromatic rings. The van der Waals surface area contributed by atoms with Crippen LogP contribution in [-0.2, 0) is 13.0 Å². The molecule has 0 bridgehead atoms. The average molecular weight is 306 g/mol. The zero-order valence-corrected chi connectivity index (χ0v) is 12.2. The molecule has 2 heterocycles. The van der Waals surface area contributed by atoms with Gasteiger partial charge < -0.3 is 19.3 Å². The van der Waals surface area contributed by atoms with Crippen molar-refractivity contribution in [2.24, 2.45) is 0 Å². The van der Waals surface area contributed by atoms with E-state index in [-0.39, 0.29) is 18.1 Å². The Labute approximate surface area is 125 Å². The molecule has 0 saturated heterocycles. The molecule has 1 aliphatic heterocycles. The maximum absolute atomic E-state index is 11.3. The number of hydrogen-bond acceptors (Lipinski definition) is 5. The first-order valence-electron chi connectivity index (χ1n) is 6.54. The van der Waals surface area contributed by atoms with Gasteiger partial charge in [-0.1, -0.05) is 6.92 Å². The first-order chi connectivity index (χ1) is 10.2. The number of carbonyl (C=O) groups is 1. The van der Waals surface area contributed by atoms with Gasteiger partial charge in [-0.15, -0.1) is 11.3 Å². The first-order valence-corrected chi connectivity index (χ1v) is 7.36. The van der Waals surface area contributed by atoms with Crippen LogP contribution in [0, 0.1) is 0 Å². The number of carboxylic acid groups (broad SMARTS) is 1. The van der Waals surface area contributed by atoms with Crippen LogP contribution in [0.5, 0.6) is 17.2 Å². The van der Waals surface area contributed by atoms with Gasteiger partial charge in [0.05, 0.1) is 0 Å². The molecule has 0 saturated carbocycles. The summed E-state index contributed by atoms with van der Waals surface area (Å²) < 4.78 is 16.1. The number of thiophene rings is 1. The van der Waals surface area contributed by atoms with E-state index in [0.717, 1.165) is 11.3 Å². The van der Waals surface area contributed by atoms with Crippen LogP contribution in [0.15, 0.2) is 24.3 Å². The van der Waals surface area contributed by atoms with Crippen molar-refractivity contribution >= 4 is 17.3 Å². The van der Waals surface area contributed by atoms with Crippen molar-refractivity contribution in [1.29, 1.82) is 0 Å². The number of aromatic carboxylic acids is 1. The monoisotopic (exact) mass is 306 g/mol. The van der Waals surface area contributed by atoms with Crippen LogP contribution in [-0.4, -0.2) is 17.9 Å². The fraction of sp³-hybridized carbons (Fsp3) is 0.267. The molecular formula is C15H14O5S. The van der Waals surface area contributed by atoms with Gasteiger partial charge in [0.1, 0.15) is 17.9 Å². The maximum Gasteiger partial charge on any atom is 0.339 e. The van der Waals surface area contributed by atoms with Crippen molar-refractivity contribution in [3.63, 3.8) is 0 Å². The molecule has 6 heteroatoms. The molecule has 1 aliphatic rings. The maximum atomic E-state index is 11.3. The number of carboxylic acids is 1. The Morgan fingerprint density at radius 1 is 1.29 bits per heavy atom. The van der Waals surface area contributed by atoms with Crippen LogP contribution in [0.4, 0.5) is 0 Å². The van der Waals surface area contributed by atoms with Crippen LogP contribution < -0.4 is 14.2 Å². The zero-order valence-electron chi connectivity index (χ0n) is 11.4. The van der Waals surface area contributed by atoms with Crippen molar-refractivity contribution in [2.45, 2.75) is 20.0 Å². The molecule has 1 N–H and O–H groups in total. The third-order valence-electron chi connectivity index (χ3n) is 3.14. The highest BCUT2D eigenvalue weighted by Crippen LogP contribution is 2.38. The summed E-state index contributed by atoms with van der Waals surface area (Å²) in [6.45, 7) is 2.53. The number of aryl methyl sites for hydroxylation is 1. The van der Waals surface area contributed by atoms with Crippen LogP contribution >= 0.6 is 11.3 Å². The minimum Gasteiger partial charge on any atom is -0.487 e. The summed E-state index contributed by atoms with van der Waals surface area (Å²) in [4.78, 5) is 13.6. The van der Waals surface area contributed by atoms with Gasteiger partial charge >= 0.3 is 5.97 Å². The Morgan fingerprint density at radius 3 is 2.67 bits per heavy atom. The molecule has 3 rings (SSSR count). The molecule has 0 spiro atoms. The third kappa shape index (κ3) is 2.80. The molecule has 1 aromatic carbocycles. The van der Waals surface area contributed by atoms with E-state index in [0.29, 0.717) is 18.1 Å². The minimum absolute atomic E-state index is 0.0755. The SMILES string of the molecule is CCc1ccc(COc2cc3c(cc2C(=O)O)OCO3)s1. The fourth-order valence-corrected chi connectivity index (χ4v) is 2.92. The van der Waals surface area contributed by atoms with Gasteiger partial charge in [0.25, 0.3) is 0 Å². The quantitative estimate of drug-likeness (QED) is 0.918. The van der Waals surface area contributed by atoms with E-state index < -0.39 is 5.97 Å². The predicted molar refractivity (Wildman–Crippen MR) is 77.6 cm³/mol. The smallest absolute Gasteiger partial charge is 0.339 e. The second-order valence-corrected chi connectivity index (χ2v) is 5.77. The van der Waals surface area contributed by atoms with Crippen molar-refractivity contribution < 1.29 is 24.1 Å². The number of hydrogen-bond donors (Lipinski definition) is 1. The molecular weight excluding hydrogens is 292 g/mol. The summed E-state index contributed by atoms with van der Waals surface area (Å²) >= 11 is 1.66. The molecule has 0 aliphatic carbocycles. The van der Waals surface area contributed by atoms with Crippen molar-refractivity contribution in [3.8, 4) is 17.2 Å². The summed E-state index contributed by atoms with van der Waals surface area (Å²) in [6, 6.07) is 7.06. The normalized spacial score (nSPS) is 12.4. The molecule has 0 amide bonds. The second-order valence-electron chi connectivity index (χ2n) is 4.52. The summed E-state index contributed by atoms with van der Waals surface area (Å²) in [6.07, 6.45) is 0.981. The van der Waals surface area contributed by atoms with E-state index in [2.05, 4.69) is 13.0 Å². The number of benzene rings is 1. The summed E-state index contributed by atoms with van der Waals surface area (Å²) in [5.74, 6) is 0.182. The van der Waals surface area contributed by atoms with Crippen molar-refractivity contribution in [3.05, 3.63) is 39.6 Å². The van der Waals surface area contributed by atoms with E-state index >= 15 is 0 Å². The van der Waals surface area contributed by atoms with Crippen LogP contribution in [0.25, 0.3) is 0 Å². The van der Waals surface area contributed by atoms with Crippen molar-refractivity contribution in [2.75, 3.05) is 6.79 Å². The highest BCUT2D eigenvalue weighted by atomic mass is 32.1. The molecule has 0 unspecified atom stereocenters. The molecule has 0 radical (unpaired) electrons. The molecule has 0 fully saturated rings. The highest BCUT2D eigenvalue weighted by molar-refractivity contribution is 7.11. The Hall–Kier alpha value is -2.21. The Bertz CT molecular complexity index is 677. The van der Waals surface area contributed by atoms with Gasteiger partial charge in [0.15, 0.2) is 11.5 Å². The average Bonchev–Trinajstić information content (AvgIpc) is 3.12. The summed E-state index contributed by atoms with van der Waals surface area (Å²) in [5, 5.41) is 9.26. The lowest BCUT2D eigenvalue weighted by Crippen LogP contribution is -2.03. The Morgan fingerprint density at radius 2 is 2.00 bits per heavy atom. The van der Waals surface area contributed by atoms with E-state index in [9.17, 15) is 9.90 Å². The largest absolute Gasteiger partial charge is 0.487 e. The second kappa shape index (κ2) is 5.65. The molecule has 110 valence electrons. The predicted octanol–water partition coefficient (Wildman–Crippen LogP) is 3.32. The molecule has 0 atom stereocenters. The highest BCUT2D eigenvalue weighted by Gasteiger charge is 2.21. The topological polar surface area (TPSA) is 65.0 Å². The lowest BCUT2D eigenvalue weighted by Gasteiger charge is -2.09. The van der Waals surface area contributed by atoms with Crippen LogP contribution in [0.2, 0.25) is 0 Å². The number of rotatable bonds is 5. The number of fused-ring (bicyclic) bond motifs is 1. The summed E-state index contributed by atoms with van der Waals surface area (Å²) in [5.41, 5.74) is 0.0755. The van der Waals surface area contributed by atoms with Gasteiger partial charge in [-0.05, 0) is 18.6 Å². The lowest BCUT2D eigenvalue weighted by atomic mass is 10.2. The van der Waals surface area contributed by atoms with Gasteiger partial charge in [0.2, 0.25) is 6.79 Å². The Kier molecular flexibility index (Phi) is 3.70. The van der Waals surface area contributed by atoms with E-state index in [4.69, 9.17) is 14.2 Å². The lowest BCUT2D eigenvalue weighted by molar-refractivity contribution is 0.0691. The van der Waals surface area contributed by atoms with Gasteiger partial charge in [-0.3, -0.25) is 0 Å². The Balaban J connectivity index is 1.82. The van der Waals surface area contributed by atoms with Crippen LogP contribution in [0.3, 0.4) is 0 Å². The van der Waals surface area contributed by atoms with Gasteiger partial charge in [-0.2, -0.15) is 0 Å². The molecule has 5 nitrogen and oxygen atoms in total. The van der Waals surface area contributed by atoms with E-state index in [1.165, 1.54) is 10.9 Å². The summed E-state index contributed by atoms with van der Waals surface area (Å²) in [7, 11) is 0. The van der Waals surface area contributed by atoms with E-state index in [1.807, 2.05) is 6.07 Å². The van der Waals surface area contributed by atoms with Crippen LogP contribution in [0.1, 0.15) is 27.0 Å². The van der Waals surface area contributed by atoms with Gasteiger partial charge in [-0.25, -0.2) is 4.79 Å². The molecule has 21 heavy (non-hydrogen) atoms. The fourth-order valence-electron chi connectivity index (χ4n) is 2.05. The molecule has 1 aromatic heterocycles. The zero-order chi connectivity index (χ0) is 14.8.